The number of nitrogens with two attached hydrogens (primary N) is 1. The number of hydrogen-bond acceptors (Lipinski definition) is 3. The van der Waals surface area contributed by atoms with Crippen molar-refractivity contribution in [3.05, 3.63) is 0 Å². The molecule has 1 rings (SSSR count). The molecule has 1 aliphatic rings. The van der Waals surface area contributed by atoms with E-state index in [1.54, 1.807) is 5.01 Å². The highest BCUT2D eigenvalue weighted by Gasteiger charge is 2.17. The minimum absolute atomic E-state index is 0.285. The SMILES string of the molecule is NN1CCC(CO)C1. The van der Waals surface area contributed by atoms with Gasteiger partial charge >= 0.3 is 0 Å². The van der Waals surface area contributed by atoms with Gasteiger partial charge in [-0.1, -0.05) is 0 Å². The fraction of sp³-hybridized carbons (Fsp3) is 1.00. The molecule has 3 nitrogen and oxygen atoms in total. The fourth-order valence-electron chi connectivity index (χ4n) is 1.01. The highest BCUT2D eigenvalue weighted by atomic mass is 16.3. The molecule has 1 atom stereocenters. The third kappa shape index (κ3) is 1.18. The second-order valence-electron chi connectivity index (χ2n) is 2.33. The molecule has 0 aromatic rings. The van der Waals surface area contributed by atoms with E-state index in [2.05, 4.69) is 0 Å². The molecule has 1 saturated heterocycles. The van der Waals surface area contributed by atoms with Gasteiger partial charge in [-0.2, -0.15) is 0 Å². The van der Waals surface area contributed by atoms with Crippen molar-refractivity contribution in [1.82, 2.24) is 5.01 Å². The van der Waals surface area contributed by atoms with Crippen LogP contribution < -0.4 is 5.84 Å². The molecule has 0 aliphatic carbocycles. The lowest BCUT2D eigenvalue weighted by Crippen LogP contribution is -2.28. The van der Waals surface area contributed by atoms with Crippen LogP contribution in [0.1, 0.15) is 6.42 Å². The predicted molar refractivity (Wildman–Crippen MR) is 31.0 cm³/mol. The summed E-state index contributed by atoms with van der Waals surface area (Å²) >= 11 is 0. The van der Waals surface area contributed by atoms with Gasteiger partial charge in [-0.15, -0.1) is 0 Å². The van der Waals surface area contributed by atoms with Crippen LogP contribution in [-0.4, -0.2) is 29.8 Å². The van der Waals surface area contributed by atoms with Crippen LogP contribution in [0.3, 0.4) is 0 Å². The Bertz CT molecular complexity index is 76.8. The molecule has 1 aliphatic heterocycles. The Morgan fingerprint density at radius 3 is 2.75 bits per heavy atom. The Morgan fingerprint density at radius 1 is 1.75 bits per heavy atom. The number of rotatable bonds is 1. The lowest BCUT2D eigenvalue weighted by Gasteiger charge is -2.05. The van der Waals surface area contributed by atoms with E-state index >= 15 is 0 Å². The van der Waals surface area contributed by atoms with Gasteiger partial charge in [-0.25, -0.2) is 5.01 Å². The van der Waals surface area contributed by atoms with Gasteiger partial charge in [-0.05, 0) is 12.3 Å². The molecular formula is C5H12N2O. The van der Waals surface area contributed by atoms with E-state index < -0.39 is 0 Å². The summed E-state index contributed by atoms with van der Waals surface area (Å²) in [7, 11) is 0. The minimum atomic E-state index is 0.285. The average molecular weight is 116 g/mol. The van der Waals surface area contributed by atoms with Crippen molar-refractivity contribution in [3.8, 4) is 0 Å². The van der Waals surface area contributed by atoms with E-state index in [0.717, 1.165) is 19.5 Å². The summed E-state index contributed by atoms with van der Waals surface area (Å²) in [6, 6.07) is 0. The summed E-state index contributed by atoms with van der Waals surface area (Å²) in [5, 5.41) is 10.4. The third-order valence-electron chi connectivity index (χ3n) is 1.58. The van der Waals surface area contributed by atoms with Crippen molar-refractivity contribution in [2.24, 2.45) is 11.8 Å². The lowest BCUT2D eigenvalue weighted by molar-refractivity contribution is 0.223. The number of aliphatic hydroxyl groups excluding tert-OH is 1. The molecule has 48 valence electrons. The lowest BCUT2D eigenvalue weighted by atomic mass is 10.1. The second-order valence-corrected chi connectivity index (χ2v) is 2.33. The maximum atomic E-state index is 8.60. The smallest absolute Gasteiger partial charge is 0.0472 e. The Morgan fingerprint density at radius 2 is 2.50 bits per heavy atom. The van der Waals surface area contributed by atoms with Crippen LogP contribution in [0.15, 0.2) is 0 Å². The minimum Gasteiger partial charge on any atom is -0.396 e. The van der Waals surface area contributed by atoms with Crippen LogP contribution in [0.4, 0.5) is 0 Å². The number of aliphatic hydroxyl groups is 1. The van der Waals surface area contributed by atoms with E-state index in [1.165, 1.54) is 0 Å². The summed E-state index contributed by atoms with van der Waals surface area (Å²) in [5.74, 6) is 5.85. The zero-order valence-corrected chi connectivity index (χ0v) is 4.88. The molecule has 0 spiro atoms. The first-order valence-corrected chi connectivity index (χ1v) is 2.93. The first-order chi connectivity index (χ1) is 3.83. The Hall–Kier alpha value is -0.120. The van der Waals surface area contributed by atoms with E-state index in [1.807, 2.05) is 0 Å². The fourth-order valence-corrected chi connectivity index (χ4v) is 1.01. The molecule has 0 radical (unpaired) electrons. The Labute approximate surface area is 49.1 Å². The third-order valence-corrected chi connectivity index (χ3v) is 1.58. The first kappa shape index (κ1) is 6.01. The monoisotopic (exact) mass is 116 g/mol. The van der Waals surface area contributed by atoms with E-state index in [4.69, 9.17) is 10.9 Å². The number of hydrogen-bond donors (Lipinski definition) is 2. The van der Waals surface area contributed by atoms with Crippen LogP contribution in [-0.2, 0) is 0 Å². The molecule has 0 bridgehead atoms. The topological polar surface area (TPSA) is 49.5 Å². The number of nitrogens with zero attached hydrogens (tertiary/aromatic N) is 1. The first-order valence-electron chi connectivity index (χ1n) is 2.93. The molecular weight excluding hydrogens is 104 g/mol. The van der Waals surface area contributed by atoms with Gasteiger partial charge in [0.15, 0.2) is 0 Å². The zero-order valence-electron chi connectivity index (χ0n) is 4.88. The summed E-state index contributed by atoms with van der Waals surface area (Å²) in [6.07, 6.45) is 1.05. The summed E-state index contributed by atoms with van der Waals surface area (Å²) in [5.41, 5.74) is 0. The van der Waals surface area contributed by atoms with Crippen molar-refractivity contribution in [3.63, 3.8) is 0 Å². The quantitative estimate of drug-likeness (QED) is 0.440. The van der Waals surface area contributed by atoms with Crippen LogP contribution in [0.5, 0.6) is 0 Å². The molecule has 1 fully saturated rings. The predicted octanol–water partition coefficient (Wildman–Crippen LogP) is -0.826. The molecule has 1 heterocycles. The molecule has 3 N–H and O–H groups in total. The van der Waals surface area contributed by atoms with Crippen molar-refractivity contribution in [2.75, 3.05) is 19.7 Å². The summed E-state index contributed by atoms with van der Waals surface area (Å²) < 4.78 is 0. The van der Waals surface area contributed by atoms with Gasteiger partial charge in [0.1, 0.15) is 0 Å². The second kappa shape index (κ2) is 2.44. The molecule has 8 heavy (non-hydrogen) atoms. The van der Waals surface area contributed by atoms with Crippen LogP contribution in [0, 0.1) is 5.92 Å². The number of hydrazine groups is 1. The van der Waals surface area contributed by atoms with Gasteiger partial charge in [0.2, 0.25) is 0 Å². The molecule has 0 amide bonds. The van der Waals surface area contributed by atoms with Crippen molar-refractivity contribution < 1.29 is 5.11 Å². The Kier molecular flexibility index (Phi) is 1.83. The van der Waals surface area contributed by atoms with Crippen molar-refractivity contribution in [2.45, 2.75) is 6.42 Å². The van der Waals surface area contributed by atoms with Gasteiger partial charge in [-0.3, -0.25) is 5.84 Å². The van der Waals surface area contributed by atoms with Crippen molar-refractivity contribution in [1.29, 1.82) is 0 Å². The highest BCUT2D eigenvalue weighted by Crippen LogP contribution is 2.10. The largest absolute Gasteiger partial charge is 0.396 e. The van der Waals surface area contributed by atoms with Gasteiger partial charge in [0, 0.05) is 19.7 Å². The van der Waals surface area contributed by atoms with E-state index in [0.29, 0.717) is 5.92 Å². The van der Waals surface area contributed by atoms with Crippen LogP contribution in [0.2, 0.25) is 0 Å². The maximum absolute atomic E-state index is 8.60. The van der Waals surface area contributed by atoms with Gasteiger partial charge < -0.3 is 5.11 Å². The van der Waals surface area contributed by atoms with Crippen LogP contribution >= 0.6 is 0 Å². The van der Waals surface area contributed by atoms with E-state index in [9.17, 15) is 0 Å². The van der Waals surface area contributed by atoms with Crippen LogP contribution in [0.25, 0.3) is 0 Å². The normalized spacial score (nSPS) is 31.5. The molecule has 0 aromatic carbocycles. The molecule has 0 saturated carbocycles. The molecule has 0 aromatic heterocycles. The highest BCUT2D eigenvalue weighted by molar-refractivity contribution is 4.69. The van der Waals surface area contributed by atoms with E-state index in [-0.39, 0.29) is 6.61 Å². The maximum Gasteiger partial charge on any atom is 0.0472 e. The standard InChI is InChI=1S/C5H12N2O/c6-7-2-1-5(3-7)4-8/h5,8H,1-4,6H2. The van der Waals surface area contributed by atoms with Crippen molar-refractivity contribution >= 4 is 0 Å². The summed E-state index contributed by atoms with van der Waals surface area (Å²) in [6.45, 7) is 2.08. The Balaban J connectivity index is 2.22. The average Bonchev–Trinajstić information content (AvgIpc) is 2.14. The molecule has 1 unspecified atom stereocenters. The zero-order chi connectivity index (χ0) is 5.98. The van der Waals surface area contributed by atoms with Gasteiger partial charge in [0.25, 0.3) is 0 Å². The van der Waals surface area contributed by atoms with Gasteiger partial charge in [0.05, 0.1) is 0 Å². The molecule has 3 heteroatoms. The summed E-state index contributed by atoms with van der Waals surface area (Å²) in [4.78, 5) is 0.